The van der Waals surface area contributed by atoms with Gasteiger partial charge in [-0.3, -0.25) is 4.79 Å². The van der Waals surface area contributed by atoms with Crippen LogP contribution in [0.4, 0.5) is 0 Å². The van der Waals surface area contributed by atoms with Gasteiger partial charge >= 0.3 is 0 Å². The Morgan fingerprint density at radius 3 is 2.71 bits per heavy atom. The molecule has 1 N–H and O–H groups in total. The minimum atomic E-state index is -0.0143. The van der Waals surface area contributed by atoms with Crippen LogP contribution in [0.3, 0.4) is 0 Å². The van der Waals surface area contributed by atoms with Gasteiger partial charge in [0, 0.05) is 30.8 Å². The molecule has 0 aliphatic carbocycles. The molecule has 0 bridgehead atoms. The highest BCUT2D eigenvalue weighted by atomic mass is 16.5. The van der Waals surface area contributed by atoms with Crippen molar-refractivity contribution in [3.63, 3.8) is 0 Å². The molecule has 0 aromatic heterocycles. The third-order valence-corrected chi connectivity index (χ3v) is 4.26. The van der Waals surface area contributed by atoms with Gasteiger partial charge in [0.15, 0.2) is 0 Å². The van der Waals surface area contributed by atoms with Gasteiger partial charge in [0.2, 0.25) is 0 Å². The molecular weight excluding hydrogens is 300 g/mol. The van der Waals surface area contributed by atoms with Crippen LogP contribution < -0.4 is 10.1 Å². The predicted molar refractivity (Wildman–Crippen MR) is 95.3 cm³/mol. The summed E-state index contributed by atoms with van der Waals surface area (Å²) in [6.45, 7) is 5.03. The predicted octanol–water partition coefficient (Wildman–Crippen LogP) is 3.26. The van der Waals surface area contributed by atoms with E-state index in [1.165, 1.54) is 0 Å². The van der Waals surface area contributed by atoms with E-state index in [1.54, 1.807) is 0 Å². The third-order valence-electron chi connectivity index (χ3n) is 4.26. The maximum Gasteiger partial charge on any atom is 0.254 e. The first-order valence-corrected chi connectivity index (χ1v) is 8.59. The van der Waals surface area contributed by atoms with Crippen LogP contribution in [0.25, 0.3) is 0 Å². The van der Waals surface area contributed by atoms with Crippen LogP contribution in [0.2, 0.25) is 0 Å². The minimum absolute atomic E-state index is 0.0143. The molecule has 3 rings (SSSR count). The Kier molecular flexibility index (Phi) is 5.49. The zero-order valence-corrected chi connectivity index (χ0v) is 14.1. The number of nitrogens with zero attached hydrogens (tertiary/aromatic N) is 1. The number of hydrogen-bond acceptors (Lipinski definition) is 3. The lowest BCUT2D eigenvalue weighted by Crippen LogP contribution is -2.48. The molecule has 1 aliphatic heterocycles. The number of piperazine rings is 1. The molecule has 2 aromatic carbocycles. The fraction of sp³-hybridized carbons (Fsp3) is 0.350. The van der Waals surface area contributed by atoms with E-state index in [0.29, 0.717) is 13.2 Å². The Hall–Kier alpha value is -2.33. The van der Waals surface area contributed by atoms with Crippen molar-refractivity contribution in [1.82, 2.24) is 10.2 Å². The number of rotatable bonds is 5. The topological polar surface area (TPSA) is 41.6 Å². The summed E-state index contributed by atoms with van der Waals surface area (Å²) in [4.78, 5) is 14.9. The summed E-state index contributed by atoms with van der Waals surface area (Å²) in [7, 11) is 0. The summed E-state index contributed by atoms with van der Waals surface area (Å²) in [5, 5.41) is 3.40. The summed E-state index contributed by atoms with van der Waals surface area (Å²) in [5.74, 6) is 0.950. The second-order valence-corrected chi connectivity index (χ2v) is 5.97. The highest BCUT2D eigenvalue weighted by molar-refractivity contribution is 5.94. The fourth-order valence-electron chi connectivity index (χ4n) is 3.07. The van der Waals surface area contributed by atoms with Crippen molar-refractivity contribution in [2.75, 3.05) is 26.2 Å². The van der Waals surface area contributed by atoms with Gasteiger partial charge in [-0.25, -0.2) is 0 Å². The van der Waals surface area contributed by atoms with Crippen molar-refractivity contribution in [1.29, 1.82) is 0 Å². The Bertz CT molecular complexity index is 672. The molecule has 1 atom stereocenters. The Labute approximate surface area is 143 Å². The van der Waals surface area contributed by atoms with E-state index >= 15 is 0 Å². The molecule has 126 valence electrons. The highest BCUT2D eigenvalue weighted by Crippen LogP contribution is 2.31. The van der Waals surface area contributed by atoms with Crippen molar-refractivity contribution < 1.29 is 9.53 Å². The second-order valence-electron chi connectivity index (χ2n) is 5.97. The molecule has 4 heteroatoms. The van der Waals surface area contributed by atoms with Crippen molar-refractivity contribution in [3.8, 4) is 5.75 Å². The molecule has 1 amide bonds. The van der Waals surface area contributed by atoms with Gasteiger partial charge in [-0.2, -0.15) is 0 Å². The summed E-state index contributed by atoms with van der Waals surface area (Å²) in [6, 6.07) is 17.5. The average molecular weight is 324 g/mol. The first-order chi connectivity index (χ1) is 11.8. The lowest BCUT2D eigenvalue weighted by molar-refractivity contribution is 0.0631. The third kappa shape index (κ3) is 3.60. The van der Waals surface area contributed by atoms with Crippen LogP contribution in [-0.4, -0.2) is 37.0 Å². The SMILES string of the molecule is CCCOc1ccccc1C1CNCCN1C(=O)c1ccccc1. The van der Waals surface area contributed by atoms with Crippen molar-refractivity contribution in [2.24, 2.45) is 0 Å². The zero-order chi connectivity index (χ0) is 16.8. The first-order valence-electron chi connectivity index (χ1n) is 8.59. The molecule has 1 heterocycles. The van der Waals surface area contributed by atoms with Gasteiger partial charge in [0.25, 0.3) is 5.91 Å². The van der Waals surface area contributed by atoms with Crippen LogP contribution in [0.15, 0.2) is 54.6 Å². The molecule has 1 unspecified atom stereocenters. The summed E-state index contributed by atoms with van der Waals surface area (Å²) >= 11 is 0. The number of benzene rings is 2. The van der Waals surface area contributed by atoms with E-state index in [9.17, 15) is 4.79 Å². The Balaban J connectivity index is 1.89. The highest BCUT2D eigenvalue weighted by Gasteiger charge is 2.30. The van der Waals surface area contributed by atoms with Gasteiger partial charge in [0.1, 0.15) is 5.75 Å². The smallest absolute Gasteiger partial charge is 0.254 e. The van der Waals surface area contributed by atoms with Crippen molar-refractivity contribution >= 4 is 5.91 Å². The number of para-hydroxylation sites is 1. The van der Waals surface area contributed by atoms with Crippen LogP contribution >= 0.6 is 0 Å². The van der Waals surface area contributed by atoms with E-state index in [0.717, 1.165) is 36.4 Å². The standard InChI is InChI=1S/C20H24N2O2/c1-2-14-24-19-11-7-6-10-17(19)18-15-21-12-13-22(18)20(23)16-8-4-3-5-9-16/h3-11,18,21H,2,12-15H2,1H3. The number of nitrogens with one attached hydrogen (secondary N) is 1. The molecule has 4 nitrogen and oxygen atoms in total. The quantitative estimate of drug-likeness (QED) is 0.918. The number of carbonyl (C=O) groups is 1. The number of carbonyl (C=O) groups excluding carboxylic acids is 1. The minimum Gasteiger partial charge on any atom is -0.493 e. The van der Waals surface area contributed by atoms with Crippen molar-refractivity contribution in [3.05, 3.63) is 65.7 Å². The first kappa shape index (κ1) is 16.5. The zero-order valence-electron chi connectivity index (χ0n) is 14.1. The number of hydrogen-bond donors (Lipinski definition) is 1. The monoisotopic (exact) mass is 324 g/mol. The largest absolute Gasteiger partial charge is 0.493 e. The summed E-state index contributed by atoms with van der Waals surface area (Å²) in [6.07, 6.45) is 0.962. The molecular formula is C20H24N2O2. The van der Waals surface area contributed by atoms with Gasteiger partial charge in [-0.1, -0.05) is 43.3 Å². The van der Waals surface area contributed by atoms with E-state index < -0.39 is 0 Å². The van der Waals surface area contributed by atoms with Crippen LogP contribution in [0.5, 0.6) is 5.75 Å². The lowest BCUT2D eigenvalue weighted by atomic mass is 10.0. The van der Waals surface area contributed by atoms with Crippen molar-refractivity contribution in [2.45, 2.75) is 19.4 Å². The normalized spacial score (nSPS) is 17.5. The summed E-state index contributed by atoms with van der Waals surface area (Å²) < 4.78 is 5.91. The molecule has 0 radical (unpaired) electrons. The Morgan fingerprint density at radius 2 is 1.92 bits per heavy atom. The van der Waals surface area contributed by atoms with Crippen LogP contribution in [0, 0.1) is 0 Å². The fourth-order valence-corrected chi connectivity index (χ4v) is 3.07. The summed E-state index contributed by atoms with van der Waals surface area (Å²) in [5.41, 5.74) is 1.80. The van der Waals surface area contributed by atoms with E-state index in [1.807, 2.05) is 53.4 Å². The maximum atomic E-state index is 13.0. The van der Waals surface area contributed by atoms with Gasteiger partial charge < -0.3 is 15.0 Å². The van der Waals surface area contributed by atoms with E-state index in [4.69, 9.17) is 4.74 Å². The molecule has 2 aromatic rings. The van der Waals surface area contributed by atoms with Gasteiger partial charge in [-0.05, 0) is 24.6 Å². The van der Waals surface area contributed by atoms with Gasteiger partial charge in [-0.15, -0.1) is 0 Å². The maximum absolute atomic E-state index is 13.0. The van der Waals surface area contributed by atoms with E-state index in [2.05, 4.69) is 18.3 Å². The lowest BCUT2D eigenvalue weighted by Gasteiger charge is -2.37. The van der Waals surface area contributed by atoms with Crippen LogP contribution in [0.1, 0.15) is 35.3 Å². The van der Waals surface area contributed by atoms with E-state index in [-0.39, 0.29) is 11.9 Å². The van der Waals surface area contributed by atoms with Gasteiger partial charge in [0.05, 0.1) is 12.6 Å². The molecule has 1 aliphatic rings. The van der Waals surface area contributed by atoms with Crippen LogP contribution in [-0.2, 0) is 0 Å². The molecule has 1 saturated heterocycles. The molecule has 24 heavy (non-hydrogen) atoms. The molecule has 1 fully saturated rings. The molecule has 0 spiro atoms. The number of ether oxygens (including phenoxy) is 1. The Morgan fingerprint density at radius 1 is 1.17 bits per heavy atom. The number of amides is 1. The molecule has 0 saturated carbocycles. The second kappa shape index (κ2) is 7.97. The average Bonchev–Trinajstić information content (AvgIpc) is 2.67.